The largest absolute Gasteiger partial charge is 0.343 e. The number of hydrogen-bond donors (Lipinski definition) is 1. The first-order chi connectivity index (χ1) is 8.96. The maximum Gasteiger partial charge on any atom is 0.163 e. The minimum absolute atomic E-state index is 0.0119. The molecular weight excluding hydrogens is 330 g/mol. The zero-order valence-corrected chi connectivity index (χ0v) is 12.0. The molecule has 0 saturated carbocycles. The molecule has 0 aliphatic heterocycles. The van der Waals surface area contributed by atoms with Crippen LogP contribution in [0.1, 0.15) is 0 Å². The maximum atomic E-state index is 8.91. The van der Waals surface area contributed by atoms with E-state index in [4.69, 9.17) is 62.2 Å². The van der Waals surface area contributed by atoms with Crippen LogP contribution in [-0.4, -0.2) is 0 Å². The number of rotatable bonds is 2. The van der Waals surface area contributed by atoms with Crippen molar-refractivity contribution in [3.63, 3.8) is 0 Å². The molecular formula is C11H2Cl4N4. The van der Waals surface area contributed by atoms with Gasteiger partial charge in [0.25, 0.3) is 0 Å². The van der Waals surface area contributed by atoms with Crippen LogP contribution in [0.4, 0.5) is 5.69 Å². The average molecular weight is 332 g/mol. The fourth-order valence-corrected chi connectivity index (χ4v) is 2.10. The van der Waals surface area contributed by atoms with E-state index >= 15 is 0 Å². The van der Waals surface area contributed by atoms with Gasteiger partial charge in [-0.05, 0) is 6.07 Å². The van der Waals surface area contributed by atoms with Crippen molar-refractivity contribution in [3.8, 4) is 18.2 Å². The van der Waals surface area contributed by atoms with Gasteiger partial charge in [0.15, 0.2) is 5.57 Å². The quantitative estimate of drug-likeness (QED) is 0.490. The molecule has 0 aliphatic carbocycles. The van der Waals surface area contributed by atoms with Crippen LogP contribution < -0.4 is 5.32 Å². The summed E-state index contributed by atoms with van der Waals surface area (Å²) in [6.07, 6.45) is 0. The summed E-state index contributed by atoms with van der Waals surface area (Å²) < 4.78 is 0. The number of benzene rings is 1. The molecule has 0 heterocycles. The number of allylic oxidation sites excluding steroid dienone is 2. The first-order valence-corrected chi connectivity index (χ1v) is 6.02. The van der Waals surface area contributed by atoms with Gasteiger partial charge in [-0.3, -0.25) is 0 Å². The first kappa shape index (κ1) is 15.4. The Labute approximate surface area is 129 Å². The number of anilines is 1. The topological polar surface area (TPSA) is 83.4 Å². The van der Waals surface area contributed by atoms with Crippen LogP contribution in [0.15, 0.2) is 17.3 Å². The Morgan fingerprint density at radius 2 is 1.47 bits per heavy atom. The normalized spacial score (nSPS) is 8.89. The SMILES string of the molecule is N#CC(C#N)=C(C#N)Nc1c(Cl)cc(Cl)c(Cl)c1Cl. The van der Waals surface area contributed by atoms with Gasteiger partial charge in [0, 0.05) is 0 Å². The van der Waals surface area contributed by atoms with Gasteiger partial charge in [-0.1, -0.05) is 46.4 Å². The molecule has 1 rings (SSSR count). The van der Waals surface area contributed by atoms with E-state index in [2.05, 4.69) is 5.32 Å². The van der Waals surface area contributed by atoms with E-state index in [-0.39, 0.29) is 31.5 Å². The standard InChI is InChI=1S/C11H2Cl4N4/c12-6-1-7(13)11(10(15)9(6)14)19-8(4-18)5(2-16)3-17/h1,19H. The zero-order chi connectivity index (χ0) is 14.6. The molecule has 8 heteroatoms. The Morgan fingerprint density at radius 1 is 0.895 bits per heavy atom. The van der Waals surface area contributed by atoms with Gasteiger partial charge in [0.1, 0.15) is 23.9 Å². The van der Waals surface area contributed by atoms with Gasteiger partial charge in [0.05, 0.1) is 25.8 Å². The van der Waals surface area contributed by atoms with Gasteiger partial charge in [-0.25, -0.2) is 0 Å². The highest BCUT2D eigenvalue weighted by molar-refractivity contribution is 6.51. The molecule has 0 amide bonds. The molecule has 0 radical (unpaired) electrons. The van der Waals surface area contributed by atoms with Crippen molar-refractivity contribution < 1.29 is 0 Å². The molecule has 1 aromatic carbocycles. The predicted molar refractivity (Wildman–Crippen MR) is 74.0 cm³/mol. The number of nitriles is 3. The third kappa shape index (κ3) is 3.24. The lowest BCUT2D eigenvalue weighted by Crippen LogP contribution is -2.02. The van der Waals surface area contributed by atoms with Gasteiger partial charge in [-0.2, -0.15) is 15.8 Å². The minimum atomic E-state index is -0.402. The smallest absolute Gasteiger partial charge is 0.163 e. The lowest BCUT2D eigenvalue weighted by Gasteiger charge is -2.11. The van der Waals surface area contributed by atoms with E-state index < -0.39 is 5.57 Å². The van der Waals surface area contributed by atoms with Crippen molar-refractivity contribution in [3.05, 3.63) is 37.4 Å². The predicted octanol–water partition coefficient (Wildman–Crippen LogP) is 4.54. The van der Waals surface area contributed by atoms with Crippen LogP contribution >= 0.6 is 46.4 Å². The summed E-state index contributed by atoms with van der Waals surface area (Å²) >= 11 is 23.5. The maximum absolute atomic E-state index is 8.91. The molecule has 19 heavy (non-hydrogen) atoms. The monoisotopic (exact) mass is 330 g/mol. The number of halogens is 4. The summed E-state index contributed by atoms with van der Waals surface area (Å²) in [5.74, 6) is 0. The Hall–Kier alpha value is -1.61. The summed E-state index contributed by atoms with van der Waals surface area (Å²) in [4.78, 5) is 0. The molecule has 0 bridgehead atoms. The van der Waals surface area contributed by atoms with E-state index in [0.717, 1.165) is 0 Å². The van der Waals surface area contributed by atoms with E-state index in [9.17, 15) is 0 Å². The number of nitrogens with zero attached hydrogens (tertiary/aromatic N) is 3. The molecule has 0 atom stereocenters. The molecule has 94 valence electrons. The second-order valence-corrected chi connectivity index (χ2v) is 4.62. The van der Waals surface area contributed by atoms with Crippen molar-refractivity contribution in [2.75, 3.05) is 5.32 Å². The Morgan fingerprint density at radius 3 is 1.95 bits per heavy atom. The van der Waals surface area contributed by atoms with Crippen LogP contribution in [0.25, 0.3) is 0 Å². The highest BCUT2D eigenvalue weighted by Gasteiger charge is 2.16. The third-order valence-electron chi connectivity index (χ3n) is 1.95. The molecule has 0 aliphatic rings. The van der Waals surface area contributed by atoms with Crippen molar-refractivity contribution in [2.24, 2.45) is 0 Å². The molecule has 0 saturated heterocycles. The molecule has 4 nitrogen and oxygen atoms in total. The summed E-state index contributed by atoms with van der Waals surface area (Å²) in [6, 6.07) is 6.15. The van der Waals surface area contributed by atoms with Crippen molar-refractivity contribution in [1.82, 2.24) is 0 Å². The van der Waals surface area contributed by atoms with Crippen LogP contribution in [0.2, 0.25) is 20.1 Å². The highest BCUT2D eigenvalue weighted by atomic mass is 35.5. The average Bonchev–Trinajstić information content (AvgIpc) is 2.40. The van der Waals surface area contributed by atoms with Gasteiger partial charge < -0.3 is 5.32 Å². The van der Waals surface area contributed by atoms with Crippen LogP contribution in [0.5, 0.6) is 0 Å². The summed E-state index contributed by atoms with van der Waals surface area (Å²) in [5, 5.41) is 29.1. The van der Waals surface area contributed by atoms with E-state index in [0.29, 0.717) is 0 Å². The Bertz CT molecular complexity index is 673. The van der Waals surface area contributed by atoms with Gasteiger partial charge in [0.2, 0.25) is 0 Å². The Kier molecular flexibility index (Phi) is 5.31. The summed E-state index contributed by atoms with van der Waals surface area (Å²) in [7, 11) is 0. The molecule has 1 N–H and O–H groups in total. The zero-order valence-electron chi connectivity index (χ0n) is 8.93. The summed E-state index contributed by atoms with van der Waals surface area (Å²) in [5.41, 5.74) is -0.592. The van der Waals surface area contributed by atoms with E-state index in [1.807, 2.05) is 0 Å². The molecule has 0 fully saturated rings. The van der Waals surface area contributed by atoms with Crippen LogP contribution in [-0.2, 0) is 0 Å². The van der Waals surface area contributed by atoms with E-state index in [1.54, 1.807) is 18.2 Å². The fraction of sp³-hybridized carbons (Fsp3) is 0. The molecule has 1 aromatic rings. The van der Waals surface area contributed by atoms with Gasteiger partial charge >= 0.3 is 0 Å². The first-order valence-electron chi connectivity index (χ1n) is 4.50. The lowest BCUT2D eigenvalue weighted by molar-refractivity contribution is 1.37. The molecule has 0 aromatic heterocycles. The number of nitrogens with one attached hydrogen (secondary N) is 1. The second-order valence-electron chi connectivity index (χ2n) is 3.05. The molecule has 0 unspecified atom stereocenters. The highest BCUT2D eigenvalue weighted by Crippen LogP contribution is 2.41. The fourth-order valence-electron chi connectivity index (χ4n) is 1.09. The van der Waals surface area contributed by atoms with Crippen molar-refractivity contribution >= 4 is 52.1 Å². The van der Waals surface area contributed by atoms with E-state index in [1.165, 1.54) is 6.07 Å². The Balaban J connectivity index is 3.41. The van der Waals surface area contributed by atoms with Gasteiger partial charge in [-0.15, -0.1) is 0 Å². The van der Waals surface area contributed by atoms with Crippen molar-refractivity contribution in [2.45, 2.75) is 0 Å². The second kappa shape index (κ2) is 6.53. The van der Waals surface area contributed by atoms with Crippen LogP contribution in [0.3, 0.4) is 0 Å². The minimum Gasteiger partial charge on any atom is -0.343 e. The van der Waals surface area contributed by atoms with Crippen LogP contribution in [0, 0.1) is 34.0 Å². The van der Waals surface area contributed by atoms with Crippen molar-refractivity contribution in [1.29, 1.82) is 15.8 Å². The third-order valence-corrected chi connectivity index (χ3v) is 3.51. The lowest BCUT2D eigenvalue weighted by atomic mass is 10.2. The molecule has 0 spiro atoms. The summed E-state index contributed by atoms with van der Waals surface area (Å²) in [6.45, 7) is 0. The number of hydrogen-bond acceptors (Lipinski definition) is 4.